The average molecular weight is 484 g/mol. The highest BCUT2D eigenvalue weighted by molar-refractivity contribution is 6.24. The summed E-state index contributed by atoms with van der Waals surface area (Å²) < 4.78 is 0. The number of phenols is 1. The fourth-order valence-electron chi connectivity index (χ4n) is 6.21. The summed E-state index contributed by atoms with van der Waals surface area (Å²) >= 11 is 0. The van der Waals surface area contributed by atoms with E-state index >= 15 is 0 Å². The van der Waals surface area contributed by atoms with Crippen molar-refractivity contribution < 1.29 is 34.8 Å². The molecule has 4 rings (SSSR count). The molecule has 0 saturated carbocycles. The van der Waals surface area contributed by atoms with Crippen LogP contribution in [0, 0.1) is 11.8 Å². The second-order valence-corrected chi connectivity index (χ2v) is 10.0. The van der Waals surface area contributed by atoms with E-state index in [1.807, 2.05) is 0 Å². The number of carbonyl (C=O) groups excluding carboxylic acids is 3. The fourth-order valence-corrected chi connectivity index (χ4v) is 6.21. The van der Waals surface area contributed by atoms with Gasteiger partial charge in [0.05, 0.1) is 5.56 Å². The minimum Gasteiger partial charge on any atom is -0.511 e. The molecule has 3 aliphatic rings. The monoisotopic (exact) mass is 483 g/mol. The Kier molecular flexibility index (Phi) is 6.77. The van der Waals surface area contributed by atoms with Gasteiger partial charge in [-0.15, -0.1) is 0 Å². The maximum absolute atomic E-state index is 13.5. The first-order chi connectivity index (χ1) is 16.6. The number of unbranched alkanes of at least 4 members (excludes halogenated alkanes) is 5. The molecule has 35 heavy (non-hydrogen) atoms. The lowest BCUT2D eigenvalue weighted by atomic mass is 9.57. The van der Waals surface area contributed by atoms with Crippen LogP contribution in [0.4, 0.5) is 0 Å². The Bertz CT molecular complexity index is 1130. The van der Waals surface area contributed by atoms with Gasteiger partial charge in [0, 0.05) is 17.9 Å². The molecule has 8 nitrogen and oxygen atoms in total. The number of hydrogen-bond donors (Lipinski definition) is 5. The lowest BCUT2D eigenvalue weighted by Crippen LogP contribution is -2.57. The fraction of sp³-hybridized carbons (Fsp3) is 0.519. The summed E-state index contributed by atoms with van der Waals surface area (Å²) in [4.78, 5) is 38.4. The zero-order valence-corrected chi connectivity index (χ0v) is 19.9. The van der Waals surface area contributed by atoms with E-state index in [0.29, 0.717) is 12.0 Å². The number of ketones is 2. The minimum atomic E-state index is -2.54. The van der Waals surface area contributed by atoms with E-state index in [9.17, 15) is 34.8 Å². The zero-order chi connectivity index (χ0) is 25.5. The van der Waals surface area contributed by atoms with Crippen LogP contribution in [0.5, 0.6) is 5.75 Å². The molecule has 0 spiro atoms. The molecule has 0 aliphatic heterocycles. The number of fused-ring (bicyclic) bond motifs is 3. The molecule has 0 aromatic heterocycles. The third-order valence-corrected chi connectivity index (χ3v) is 7.96. The third kappa shape index (κ3) is 3.93. The maximum Gasteiger partial charge on any atom is 0.255 e. The summed E-state index contributed by atoms with van der Waals surface area (Å²) in [5, 5.41) is 43.5. The van der Waals surface area contributed by atoms with Crippen molar-refractivity contribution in [1.82, 2.24) is 0 Å². The molecule has 1 amide bonds. The van der Waals surface area contributed by atoms with Crippen LogP contribution in [-0.2, 0) is 9.59 Å². The second kappa shape index (κ2) is 9.49. The zero-order valence-electron chi connectivity index (χ0n) is 19.9. The number of benzene rings is 1. The predicted molar refractivity (Wildman–Crippen MR) is 128 cm³/mol. The summed E-state index contributed by atoms with van der Waals surface area (Å²) in [5.74, 6) is -6.25. The van der Waals surface area contributed by atoms with Crippen molar-refractivity contribution in [3.8, 4) is 5.75 Å². The molecule has 188 valence electrons. The van der Waals surface area contributed by atoms with Crippen LogP contribution in [-0.4, -0.2) is 43.5 Å². The number of nitrogens with two attached hydrogens (primary N) is 1. The van der Waals surface area contributed by atoms with Gasteiger partial charge in [0.15, 0.2) is 11.4 Å². The van der Waals surface area contributed by atoms with Crippen molar-refractivity contribution >= 4 is 17.5 Å². The standard InChI is InChI=1S/C27H33NO7/c1-2-3-4-5-6-7-9-15-16-10-8-11-18(29)20(16)23(31)21-17(15)12-14-13-19(30)22(26(28)34)25(33)27(14,35)24(21)32/h8,10-11,14-15,17,29-30,32,35H,2-7,9,12-13H2,1H3,(H2,28,34)/t14-,15?,17?,27-/m0/s1. The molecule has 0 radical (unpaired) electrons. The number of aliphatic hydroxyl groups excluding tert-OH is 2. The Morgan fingerprint density at radius 2 is 1.77 bits per heavy atom. The second-order valence-electron chi connectivity index (χ2n) is 10.0. The Labute approximate surface area is 204 Å². The Morgan fingerprint density at radius 1 is 1.09 bits per heavy atom. The lowest BCUT2D eigenvalue weighted by Gasteiger charge is -2.48. The quantitative estimate of drug-likeness (QED) is 0.277. The van der Waals surface area contributed by atoms with Crippen LogP contribution in [0.1, 0.15) is 86.6 Å². The first-order valence-electron chi connectivity index (χ1n) is 12.4. The number of Topliss-reactive ketones (excluding diaryl/α,β-unsaturated/α-hetero) is 2. The molecule has 6 N–H and O–H groups in total. The summed E-state index contributed by atoms with van der Waals surface area (Å²) in [7, 11) is 0. The van der Waals surface area contributed by atoms with Crippen molar-refractivity contribution in [2.75, 3.05) is 0 Å². The van der Waals surface area contributed by atoms with Gasteiger partial charge in [-0.1, -0.05) is 57.6 Å². The van der Waals surface area contributed by atoms with E-state index in [4.69, 9.17) is 5.73 Å². The molecule has 0 bridgehead atoms. The van der Waals surface area contributed by atoms with Gasteiger partial charge >= 0.3 is 0 Å². The van der Waals surface area contributed by atoms with Gasteiger partial charge in [0.2, 0.25) is 5.78 Å². The molecular weight excluding hydrogens is 450 g/mol. The van der Waals surface area contributed by atoms with Crippen molar-refractivity contribution in [1.29, 1.82) is 0 Å². The minimum absolute atomic E-state index is 0.0695. The van der Waals surface area contributed by atoms with Gasteiger partial charge in [-0.05, 0) is 36.3 Å². The van der Waals surface area contributed by atoms with Crippen LogP contribution in [0.2, 0.25) is 0 Å². The molecule has 1 aromatic rings. The highest BCUT2D eigenvalue weighted by Gasteiger charge is 2.60. The molecule has 0 heterocycles. The highest BCUT2D eigenvalue weighted by Crippen LogP contribution is 2.55. The van der Waals surface area contributed by atoms with Crippen LogP contribution < -0.4 is 5.73 Å². The van der Waals surface area contributed by atoms with Gasteiger partial charge in [-0.2, -0.15) is 0 Å². The smallest absolute Gasteiger partial charge is 0.255 e. The van der Waals surface area contributed by atoms with Crippen LogP contribution in [0.15, 0.2) is 40.9 Å². The molecule has 3 aliphatic carbocycles. The molecule has 4 atom stereocenters. The summed E-state index contributed by atoms with van der Waals surface area (Å²) in [6, 6.07) is 4.88. The number of aromatic hydroxyl groups is 1. The van der Waals surface area contributed by atoms with E-state index in [-0.39, 0.29) is 35.6 Å². The number of amides is 1. The van der Waals surface area contributed by atoms with Crippen molar-refractivity contribution in [3.63, 3.8) is 0 Å². The lowest BCUT2D eigenvalue weighted by molar-refractivity contribution is -0.144. The van der Waals surface area contributed by atoms with Crippen LogP contribution in [0.3, 0.4) is 0 Å². The van der Waals surface area contributed by atoms with Crippen LogP contribution in [0.25, 0.3) is 0 Å². The largest absolute Gasteiger partial charge is 0.511 e. The first-order valence-corrected chi connectivity index (χ1v) is 12.4. The van der Waals surface area contributed by atoms with Gasteiger partial charge in [0.1, 0.15) is 22.8 Å². The number of phenolic OH excluding ortho intramolecular Hbond substituents is 1. The topological polar surface area (TPSA) is 158 Å². The average Bonchev–Trinajstić information content (AvgIpc) is 2.80. The summed E-state index contributed by atoms with van der Waals surface area (Å²) in [5.41, 5.74) is 2.61. The summed E-state index contributed by atoms with van der Waals surface area (Å²) in [6.07, 6.45) is 7.09. The molecule has 0 fully saturated rings. The van der Waals surface area contributed by atoms with E-state index in [1.54, 1.807) is 12.1 Å². The molecular formula is C27H33NO7. The van der Waals surface area contributed by atoms with Crippen molar-refractivity contribution in [2.24, 2.45) is 17.6 Å². The van der Waals surface area contributed by atoms with E-state index < -0.39 is 52.0 Å². The van der Waals surface area contributed by atoms with Gasteiger partial charge in [-0.3, -0.25) is 14.4 Å². The van der Waals surface area contributed by atoms with E-state index in [1.165, 1.54) is 12.5 Å². The van der Waals surface area contributed by atoms with Crippen LogP contribution >= 0.6 is 0 Å². The molecule has 1 aromatic carbocycles. The summed E-state index contributed by atoms with van der Waals surface area (Å²) in [6.45, 7) is 2.16. The van der Waals surface area contributed by atoms with Gasteiger partial charge in [0.25, 0.3) is 5.91 Å². The number of rotatable bonds is 8. The molecule has 8 heteroatoms. The predicted octanol–water partition coefficient (Wildman–Crippen LogP) is 3.87. The Balaban J connectivity index is 1.77. The third-order valence-electron chi connectivity index (χ3n) is 7.96. The molecule has 2 unspecified atom stereocenters. The Hall–Kier alpha value is -3.13. The normalized spacial score (nSPS) is 28.0. The SMILES string of the molecule is CCCCCCCCC1c2cccc(O)c2C(=O)C2=C(O)[C@]3(O)C(=O)C(C(N)=O)=C(O)C[C@@H]3CC21. The number of hydrogen-bond acceptors (Lipinski definition) is 7. The van der Waals surface area contributed by atoms with Crippen molar-refractivity contribution in [2.45, 2.75) is 76.2 Å². The van der Waals surface area contributed by atoms with E-state index in [2.05, 4.69) is 6.92 Å². The number of aliphatic hydroxyl groups is 3. The van der Waals surface area contributed by atoms with Gasteiger partial charge in [-0.25, -0.2) is 0 Å². The number of allylic oxidation sites excluding steroid dienone is 2. The molecule has 0 saturated heterocycles. The van der Waals surface area contributed by atoms with Crippen molar-refractivity contribution in [3.05, 3.63) is 52.0 Å². The maximum atomic E-state index is 13.5. The number of carbonyl (C=O) groups is 3. The Morgan fingerprint density at radius 3 is 2.46 bits per heavy atom. The highest BCUT2D eigenvalue weighted by atomic mass is 16.3. The first kappa shape index (κ1) is 25.0. The van der Waals surface area contributed by atoms with E-state index in [0.717, 1.165) is 32.1 Å². The number of primary amides is 1. The van der Waals surface area contributed by atoms with Gasteiger partial charge < -0.3 is 26.2 Å².